The SMILES string of the molecule is C=CCn1c(SCC(=O)Nc2cc(C(=O)OC)cc(C(=O)OC)c2)nnc1-c1csc(C)c1C. The Labute approximate surface area is 205 Å². The Morgan fingerprint density at radius 3 is 2.29 bits per heavy atom. The molecule has 1 N–H and O–H groups in total. The number of aryl methyl sites for hydroxylation is 1. The fourth-order valence-electron chi connectivity index (χ4n) is 3.12. The van der Waals surface area contributed by atoms with Gasteiger partial charge in [0.25, 0.3) is 0 Å². The number of amides is 1. The van der Waals surface area contributed by atoms with Crippen molar-refractivity contribution < 1.29 is 23.9 Å². The van der Waals surface area contributed by atoms with Crippen molar-refractivity contribution in [2.75, 3.05) is 25.3 Å². The second-order valence-electron chi connectivity index (χ2n) is 7.16. The molecule has 3 aromatic rings. The Balaban J connectivity index is 1.78. The van der Waals surface area contributed by atoms with Gasteiger partial charge in [0.2, 0.25) is 5.91 Å². The molecule has 9 nitrogen and oxygen atoms in total. The Hall–Kier alpha value is -3.44. The predicted octanol–water partition coefficient (Wildman–Crippen LogP) is 4.11. The molecule has 2 aromatic heterocycles. The summed E-state index contributed by atoms with van der Waals surface area (Å²) in [6, 6.07) is 4.21. The van der Waals surface area contributed by atoms with Crippen LogP contribution >= 0.6 is 23.1 Å². The molecular weight excluding hydrogens is 476 g/mol. The van der Waals surface area contributed by atoms with Gasteiger partial charge in [-0.2, -0.15) is 0 Å². The van der Waals surface area contributed by atoms with Crippen molar-refractivity contribution >= 4 is 46.6 Å². The van der Waals surface area contributed by atoms with E-state index in [9.17, 15) is 14.4 Å². The maximum Gasteiger partial charge on any atom is 0.337 e. The second-order valence-corrected chi connectivity index (χ2v) is 9.18. The lowest BCUT2D eigenvalue weighted by Crippen LogP contribution is -2.16. The molecule has 0 radical (unpaired) electrons. The minimum absolute atomic E-state index is 0.0347. The minimum atomic E-state index is -0.639. The van der Waals surface area contributed by atoms with Gasteiger partial charge in [-0.25, -0.2) is 9.59 Å². The van der Waals surface area contributed by atoms with E-state index in [1.165, 1.54) is 49.1 Å². The third-order valence-corrected chi connectivity index (χ3v) is 6.93. The average molecular weight is 501 g/mol. The molecule has 11 heteroatoms. The fraction of sp³-hybridized carbons (Fsp3) is 0.261. The minimum Gasteiger partial charge on any atom is -0.465 e. The molecule has 0 aliphatic heterocycles. The van der Waals surface area contributed by atoms with Gasteiger partial charge < -0.3 is 14.8 Å². The van der Waals surface area contributed by atoms with Crippen LogP contribution in [0.15, 0.2) is 41.4 Å². The molecule has 0 aliphatic rings. The summed E-state index contributed by atoms with van der Waals surface area (Å²) >= 11 is 2.87. The molecule has 1 aromatic carbocycles. The summed E-state index contributed by atoms with van der Waals surface area (Å²) in [4.78, 5) is 37.8. The number of methoxy groups -OCH3 is 2. The number of carbonyl (C=O) groups excluding carboxylic acids is 3. The van der Waals surface area contributed by atoms with E-state index in [-0.39, 0.29) is 28.5 Å². The third kappa shape index (κ3) is 5.54. The van der Waals surface area contributed by atoms with Crippen LogP contribution in [-0.2, 0) is 20.8 Å². The Bertz CT molecular complexity index is 1210. The van der Waals surface area contributed by atoms with Gasteiger partial charge >= 0.3 is 11.9 Å². The number of hydrogen-bond acceptors (Lipinski definition) is 9. The molecule has 1 amide bonds. The zero-order chi connectivity index (χ0) is 24.8. The lowest BCUT2D eigenvalue weighted by molar-refractivity contribution is -0.113. The number of nitrogens with zero attached hydrogens (tertiary/aromatic N) is 3. The Morgan fingerprint density at radius 1 is 1.12 bits per heavy atom. The van der Waals surface area contributed by atoms with Crippen LogP contribution < -0.4 is 5.32 Å². The first kappa shape index (κ1) is 25.2. The number of anilines is 1. The van der Waals surface area contributed by atoms with Crippen molar-refractivity contribution in [2.45, 2.75) is 25.5 Å². The largest absolute Gasteiger partial charge is 0.465 e. The lowest BCUT2D eigenvalue weighted by Gasteiger charge is -2.10. The molecule has 34 heavy (non-hydrogen) atoms. The summed E-state index contributed by atoms with van der Waals surface area (Å²) in [5, 5.41) is 13.9. The maximum atomic E-state index is 12.7. The lowest BCUT2D eigenvalue weighted by atomic mass is 10.1. The molecule has 0 saturated carbocycles. The van der Waals surface area contributed by atoms with E-state index in [0.717, 1.165) is 17.0 Å². The van der Waals surface area contributed by atoms with Gasteiger partial charge in [0, 0.05) is 28.1 Å². The van der Waals surface area contributed by atoms with E-state index in [2.05, 4.69) is 29.0 Å². The quantitative estimate of drug-likeness (QED) is 0.265. The van der Waals surface area contributed by atoms with E-state index in [0.29, 0.717) is 11.7 Å². The van der Waals surface area contributed by atoms with Gasteiger partial charge in [-0.1, -0.05) is 17.8 Å². The van der Waals surface area contributed by atoms with Crippen molar-refractivity contribution in [2.24, 2.45) is 0 Å². The number of hydrogen-bond donors (Lipinski definition) is 1. The molecule has 0 unspecified atom stereocenters. The highest BCUT2D eigenvalue weighted by atomic mass is 32.2. The number of carbonyl (C=O) groups is 3. The molecule has 178 valence electrons. The van der Waals surface area contributed by atoms with Gasteiger partial charge in [0.05, 0.1) is 31.1 Å². The number of rotatable bonds is 9. The Morgan fingerprint density at radius 2 is 1.76 bits per heavy atom. The zero-order valence-electron chi connectivity index (χ0n) is 19.2. The van der Waals surface area contributed by atoms with Crippen LogP contribution in [0.25, 0.3) is 11.4 Å². The van der Waals surface area contributed by atoms with E-state index < -0.39 is 11.9 Å². The zero-order valence-corrected chi connectivity index (χ0v) is 20.8. The van der Waals surface area contributed by atoms with E-state index in [1.54, 1.807) is 17.4 Å². The molecule has 0 fully saturated rings. The van der Waals surface area contributed by atoms with Gasteiger partial charge in [0.1, 0.15) is 0 Å². The number of benzene rings is 1. The number of nitrogens with one attached hydrogen (secondary N) is 1. The fourth-order valence-corrected chi connectivity index (χ4v) is 4.73. The number of allylic oxidation sites excluding steroid dienone is 1. The molecular formula is C23H24N4O5S2. The number of esters is 2. The van der Waals surface area contributed by atoms with Gasteiger partial charge in [-0.15, -0.1) is 28.1 Å². The highest BCUT2D eigenvalue weighted by molar-refractivity contribution is 7.99. The van der Waals surface area contributed by atoms with Crippen molar-refractivity contribution in [3.8, 4) is 11.4 Å². The first-order chi connectivity index (χ1) is 16.3. The molecule has 0 atom stereocenters. The summed E-state index contributed by atoms with van der Waals surface area (Å²) < 4.78 is 11.4. The van der Waals surface area contributed by atoms with Crippen LogP contribution in [0, 0.1) is 13.8 Å². The molecule has 2 heterocycles. The molecule has 0 spiro atoms. The number of thioether (sulfide) groups is 1. The standard InChI is InChI=1S/C23H24N4O5S2/c1-6-7-27-20(18-11-33-14(3)13(18)2)25-26-23(27)34-12-19(28)24-17-9-15(21(29)31-4)8-16(10-17)22(30)32-5/h6,8-11H,1,7,12H2,2-5H3,(H,24,28). The molecule has 0 bridgehead atoms. The van der Waals surface area contributed by atoms with Crippen LogP contribution in [0.5, 0.6) is 0 Å². The first-order valence-electron chi connectivity index (χ1n) is 10.1. The maximum absolute atomic E-state index is 12.7. The van der Waals surface area contributed by atoms with Gasteiger partial charge in [0.15, 0.2) is 11.0 Å². The van der Waals surface area contributed by atoms with Crippen LogP contribution in [-0.4, -0.2) is 52.6 Å². The van der Waals surface area contributed by atoms with Gasteiger partial charge in [-0.05, 0) is 37.6 Å². The highest BCUT2D eigenvalue weighted by Gasteiger charge is 2.19. The van der Waals surface area contributed by atoms with E-state index in [4.69, 9.17) is 9.47 Å². The van der Waals surface area contributed by atoms with Crippen LogP contribution in [0.3, 0.4) is 0 Å². The van der Waals surface area contributed by atoms with E-state index >= 15 is 0 Å². The number of aromatic nitrogens is 3. The highest BCUT2D eigenvalue weighted by Crippen LogP contribution is 2.31. The Kier molecular flexibility index (Phi) is 8.24. The van der Waals surface area contributed by atoms with Crippen molar-refractivity contribution in [1.29, 1.82) is 0 Å². The molecule has 0 aliphatic carbocycles. The summed E-state index contributed by atoms with van der Waals surface area (Å²) in [6.07, 6.45) is 1.75. The number of ether oxygens (including phenoxy) is 2. The second kappa shape index (κ2) is 11.1. The monoisotopic (exact) mass is 500 g/mol. The third-order valence-electron chi connectivity index (χ3n) is 4.95. The molecule has 3 rings (SSSR count). The predicted molar refractivity (Wildman–Crippen MR) is 131 cm³/mol. The summed E-state index contributed by atoms with van der Waals surface area (Å²) in [5.41, 5.74) is 2.65. The topological polar surface area (TPSA) is 112 Å². The first-order valence-corrected chi connectivity index (χ1v) is 12.0. The summed E-state index contributed by atoms with van der Waals surface area (Å²) in [7, 11) is 2.46. The van der Waals surface area contributed by atoms with E-state index in [1.807, 2.05) is 16.9 Å². The van der Waals surface area contributed by atoms with Crippen molar-refractivity contribution in [3.05, 3.63) is 57.8 Å². The van der Waals surface area contributed by atoms with Gasteiger partial charge in [-0.3, -0.25) is 9.36 Å². The van der Waals surface area contributed by atoms with Crippen LogP contribution in [0.2, 0.25) is 0 Å². The normalized spacial score (nSPS) is 10.6. The van der Waals surface area contributed by atoms with Crippen LogP contribution in [0.4, 0.5) is 5.69 Å². The average Bonchev–Trinajstić information content (AvgIpc) is 3.38. The van der Waals surface area contributed by atoms with Crippen molar-refractivity contribution in [3.63, 3.8) is 0 Å². The summed E-state index contributed by atoms with van der Waals surface area (Å²) in [6.45, 7) is 8.40. The smallest absolute Gasteiger partial charge is 0.337 e. The van der Waals surface area contributed by atoms with Crippen LogP contribution in [0.1, 0.15) is 31.2 Å². The molecule has 0 saturated heterocycles. The number of thiophene rings is 1. The van der Waals surface area contributed by atoms with Crippen molar-refractivity contribution in [1.82, 2.24) is 14.8 Å². The summed E-state index contributed by atoms with van der Waals surface area (Å²) in [5.74, 6) is -0.870.